The lowest BCUT2D eigenvalue weighted by Crippen LogP contribution is -2.24. The number of hydrogen-bond donors (Lipinski definition) is 1. The molecule has 0 saturated carbocycles. The molecule has 164 valence electrons. The molecule has 0 fully saturated rings. The third kappa shape index (κ3) is 4.68. The van der Waals surface area contributed by atoms with Gasteiger partial charge in [0.05, 0.1) is 30.6 Å². The molecule has 4 rings (SSSR count). The number of rotatable bonds is 7. The highest BCUT2D eigenvalue weighted by Crippen LogP contribution is 2.26. The topological polar surface area (TPSA) is 73.2 Å². The second kappa shape index (κ2) is 9.54. The van der Waals surface area contributed by atoms with Crippen LogP contribution in [0.5, 0.6) is 5.75 Å². The first-order valence-electron chi connectivity index (χ1n) is 9.75. The van der Waals surface area contributed by atoms with Crippen molar-refractivity contribution in [3.63, 3.8) is 0 Å². The van der Waals surface area contributed by atoms with E-state index in [-0.39, 0.29) is 23.8 Å². The van der Waals surface area contributed by atoms with Crippen molar-refractivity contribution in [2.24, 2.45) is 0 Å². The van der Waals surface area contributed by atoms with E-state index in [1.807, 2.05) is 19.1 Å². The van der Waals surface area contributed by atoms with Gasteiger partial charge in [0.2, 0.25) is 5.91 Å². The minimum atomic E-state index is -0.397. The maximum Gasteiger partial charge on any atom is 0.272 e. The number of fused-ring (bicyclic) bond motifs is 1. The van der Waals surface area contributed by atoms with Gasteiger partial charge in [0.1, 0.15) is 16.3 Å². The minimum absolute atomic E-state index is 0.0243. The lowest BCUT2D eigenvalue weighted by molar-refractivity contribution is -0.113. The van der Waals surface area contributed by atoms with Gasteiger partial charge in [0, 0.05) is 5.56 Å². The highest BCUT2D eigenvalue weighted by Gasteiger charge is 2.16. The molecule has 0 saturated heterocycles. The SMILES string of the molecule is COc1ccc(C)cc1NC(=O)CSc1nc2ccsc2c(=O)n1Cc1ccccc1F. The standard InChI is InChI=1S/C23H20FN3O3S2/c1-14-7-8-19(30-2)18(11-14)25-20(28)13-32-23-26-17-9-10-31-21(17)22(29)27(23)12-15-5-3-4-6-16(15)24/h3-11H,12-13H2,1-2H3,(H,25,28). The zero-order valence-corrected chi connectivity index (χ0v) is 19.1. The molecule has 1 N–H and O–H groups in total. The number of halogens is 1. The molecular formula is C23H20FN3O3S2. The normalized spacial score (nSPS) is 11.0. The van der Waals surface area contributed by atoms with E-state index < -0.39 is 5.82 Å². The highest BCUT2D eigenvalue weighted by atomic mass is 32.2. The summed E-state index contributed by atoms with van der Waals surface area (Å²) in [4.78, 5) is 30.2. The molecule has 9 heteroatoms. The van der Waals surface area contributed by atoms with Crippen LogP contribution in [0, 0.1) is 12.7 Å². The van der Waals surface area contributed by atoms with Crippen molar-refractivity contribution in [3.05, 3.63) is 81.2 Å². The molecule has 6 nitrogen and oxygen atoms in total. The quantitative estimate of drug-likeness (QED) is 0.314. The molecule has 0 radical (unpaired) electrons. The molecule has 0 aliphatic carbocycles. The van der Waals surface area contributed by atoms with E-state index in [1.54, 1.807) is 35.7 Å². The zero-order valence-electron chi connectivity index (χ0n) is 17.4. The van der Waals surface area contributed by atoms with E-state index in [1.165, 1.54) is 29.1 Å². The van der Waals surface area contributed by atoms with Crippen LogP contribution in [-0.2, 0) is 11.3 Å². The molecular weight excluding hydrogens is 449 g/mol. The van der Waals surface area contributed by atoms with E-state index >= 15 is 0 Å². The van der Waals surface area contributed by atoms with Gasteiger partial charge in [-0.05, 0) is 42.1 Å². The maximum absolute atomic E-state index is 14.2. The number of hydrogen-bond acceptors (Lipinski definition) is 6. The number of amides is 1. The Bertz CT molecular complexity index is 1350. The predicted molar refractivity (Wildman–Crippen MR) is 126 cm³/mol. The Morgan fingerprint density at radius 2 is 2.06 bits per heavy atom. The van der Waals surface area contributed by atoms with Crippen LogP contribution < -0.4 is 15.6 Å². The number of carbonyl (C=O) groups is 1. The van der Waals surface area contributed by atoms with Gasteiger partial charge in [0.25, 0.3) is 5.56 Å². The first-order valence-corrected chi connectivity index (χ1v) is 11.6. The van der Waals surface area contributed by atoms with Gasteiger partial charge < -0.3 is 10.1 Å². The summed E-state index contributed by atoms with van der Waals surface area (Å²) in [5.74, 6) is -0.0821. The summed E-state index contributed by atoms with van der Waals surface area (Å²) >= 11 is 2.42. The molecule has 0 unspecified atom stereocenters. The van der Waals surface area contributed by atoms with Gasteiger partial charge in [0.15, 0.2) is 5.16 Å². The van der Waals surface area contributed by atoms with Crippen molar-refractivity contribution in [2.75, 3.05) is 18.2 Å². The van der Waals surface area contributed by atoms with Crippen molar-refractivity contribution < 1.29 is 13.9 Å². The van der Waals surface area contributed by atoms with Gasteiger partial charge in [-0.15, -0.1) is 11.3 Å². The summed E-state index contributed by atoms with van der Waals surface area (Å²) in [5, 5.41) is 4.99. The van der Waals surface area contributed by atoms with Crippen molar-refractivity contribution in [1.29, 1.82) is 0 Å². The Labute approximate surface area is 192 Å². The third-order valence-electron chi connectivity index (χ3n) is 4.78. The molecule has 2 aromatic carbocycles. The van der Waals surface area contributed by atoms with E-state index in [0.717, 1.165) is 17.3 Å². The Balaban J connectivity index is 1.60. The van der Waals surface area contributed by atoms with Crippen LogP contribution in [0.25, 0.3) is 10.2 Å². The van der Waals surface area contributed by atoms with E-state index in [9.17, 15) is 14.0 Å². The molecule has 0 spiro atoms. The molecule has 0 aliphatic heterocycles. The van der Waals surface area contributed by atoms with Crippen LogP contribution in [0.15, 0.2) is 63.9 Å². The van der Waals surface area contributed by atoms with E-state index in [0.29, 0.717) is 32.4 Å². The number of thioether (sulfide) groups is 1. The molecule has 1 amide bonds. The second-order valence-electron chi connectivity index (χ2n) is 7.05. The number of aromatic nitrogens is 2. The van der Waals surface area contributed by atoms with E-state index in [2.05, 4.69) is 10.3 Å². The van der Waals surface area contributed by atoms with Crippen LogP contribution in [0.1, 0.15) is 11.1 Å². The van der Waals surface area contributed by atoms with Crippen molar-refractivity contribution in [2.45, 2.75) is 18.6 Å². The smallest absolute Gasteiger partial charge is 0.272 e. The number of thiophene rings is 1. The Morgan fingerprint density at radius 3 is 2.84 bits per heavy atom. The first-order chi connectivity index (χ1) is 15.5. The van der Waals surface area contributed by atoms with Crippen LogP contribution in [0.2, 0.25) is 0 Å². The summed E-state index contributed by atoms with van der Waals surface area (Å²) in [7, 11) is 1.54. The molecule has 0 aliphatic rings. The van der Waals surface area contributed by atoms with Gasteiger partial charge >= 0.3 is 0 Å². The number of benzene rings is 2. The number of aryl methyl sites for hydroxylation is 1. The summed E-state index contributed by atoms with van der Waals surface area (Å²) < 4.78 is 21.5. The summed E-state index contributed by atoms with van der Waals surface area (Å²) in [5.41, 5.74) is 2.24. The van der Waals surface area contributed by atoms with E-state index in [4.69, 9.17) is 4.74 Å². The fourth-order valence-electron chi connectivity index (χ4n) is 3.21. The summed E-state index contributed by atoms with van der Waals surface area (Å²) in [6.07, 6.45) is 0. The number of anilines is 1. The lowest BCUT2D eigenvalue weighted by atomic mass is 10.2. The third-order valence-corrected chi connectivity index (χ3v) is 6.65. The fraction of sp³-hybridized carbons (Fsp3) is 0.174. The number of methoxy groups -OCH3 is 1. The second-order valence-corrected chi connectivity index (χ2v) is 8.91. The molecule has 2 heterocycles. The van der Waals surface area contributed by atoms with Crippen molar-refractivity contribution in [3.8, 4) is 5.75 Å². The Kier molecular flexibility index (Phi) is 6.57. The van der Waals surface area contributed by atoms with Gasteiger partial charge in [-0.1, -0.05) is 36.0 Å². The molecule has 32 heavy (non-hydrogen) atoms. The predicted octanol–water partition coefficient (Wildman–Crippen LogP) is 4.69. The van der Waals surface area contributed by atoms with Crippen LogP contribution in [0.4, 0.5) is 10.1 Å². The number of nitrogens with zero attached hydrogens (tertiary/aromatic N) is 2. The van der Waals surface area contributed by atoms with Crippen LogP contribution in [0.3, 0.4) is 0 Å². The molecule has 4 aromatic rings. The maximum atomic E-state index is 14.2. The Hall–Kier alpha value is -3.17. The van der Waals surface area contributed by atoms with Gasteiger partial charge in [-0.2, -0.15) is 0 Å². The average molecular weight is 470 g/mol. The highest BCUT2D eigenvalue weighted by molar-refractivity contribution is 7.99. The Morgan fingerprint density at radius 1 is 1.25 bits per heavy atom. The zero-order chi connectivity index (χ0) is 22.7. The molecule has 0 atom stereocenters. The summed E-state index contributed by atoms with van der Waals surface area (Å²) in [6.45, 7) is 1.95. The monoisotopic (exact) mass is 469 g/mol. The summed E-state index contributed by atoms with van der Waals surface area (Å²) in [6, 6.07) is 13.6. The van der Waals surface area contributed by atoms with Crippen molar-refractivity contribution >= 4 is 44.9 Å². The fourth-order valence-corrected chi connectivity index (χ4v) is 4.78. The van der Waals surface area contributed by atoms with Crippen molar-refractivity contribution in [1.82, 2.24) is 9.55 Å². The largest absolute Gasteiger partial charge is 0.495 e. The van der Waals surface area contributed by atoms with Crippen LogP contribution >= 0.6 is 23.1 Å². The van der Waals surface area contributed by atoms with Gasteiger partial charge in [-0.25, -0.2) is 9.37 Å². The van der Waals surface area contributed by atoms with Gasteiger partial charge in [-0.3, -0.25) is 14.2 Å². The first kappa shape index (κ1) is 22.0. The lowest BCUT2D eigenvalue weighted by Gasteiger charge is -2.13. The number of carbonyl (C=O) groups excluding carboxylic acids is 1. The molecule has 0 bridgehead atoms. The number of ether oxygens (including phenoxy) is 1. The number of nitrogens with one attached hydrogen (secondary N) is 1. The average Bonchev–Trinajstić information content (AvgIpc) is 3.25. The molecule has 2 aromatic heterocycles. The minimum Gasteiger partial charge on any atom is -0.495 e. The van der Waals surface area contributed by atoms with Crippen LogP contribution in [-0.4, -0.2) is 28.3 Å².